The summed E-state index contributed by atoms with van der Waals surface area (Å²) in [7, 11) is 0. The van der Waals surface area contributed by atoms with Crippen molar-refractivity contribution in [2.75, 3.05) is 18.0 Å². The lowest BCUT2D eigenvalue weighted by molar-refractivity contribution is 0.729. The van der Waals surface area contributed by atoms with Gasteiger partial charge in [-0.15, -0.1) is 0 Å². The Morgan fingerprint density at radius 1 is 0.864 bits per heavy atom. The largest absolute Gasteiger partial charge is 0.356 e. The second-order valence-corrected chi connectivity index (χ2v) is 5.93. The van der Waals surface area contributed by atoms with Gasteiger partial charge in [0.2, 0.25) is 0 Å². The molecule has 118 valence electrons. The first-order valence-corrected chi connectivity index (χ1v) is 8.24. The predicted octanol–water partition coefficient (Wildman–Crippen LogP) is 4.70. The molecule has 2 rings (SSSR count). The minimum Gasteiger partial charge on any atom is -0.356 e. The molecule has 0 radical (unpaired) electrons. The Labute approximate surface area is 134 Å². The molecule has 0 fully saturated rings. The standard InChI is InChI=1S/C19H27N3/c1-6-12-22(13-7-2)19-15(4)16(5)20-18(21-19)17-10-8-14(3)9-11-17/h8-11H,6-7,12-13H2,1-5H3. The number of nitrogens with zero attached hydrogens (tertiary/aromatic N) is 3. The number of hydrogen-bond donors (Lipinski definition) is 0. The molecule has 0 aliphatic heterocycles. The average Bonchev–Trinajstić information content (AvgIpc) is 2.50. The summed E-state index contributed by atoms with van der Waals surface area (Å²) in [6.45, 7) is 12.8. The summed E-state index contributed by atoms with van der Waals surface area (Å²) in [6.07, 6.45) is 2.25. The molecule has 1 heterocycles. The molecule has 2 aromatic rings. The number of hydrogen-bond acceptors (Lipinski definition) is 3. The molecule has 22 heavy (non-hydrogen) atoms. The summed E-state index contributed by atoms with van der Waals surface area (Å²) in [5.74, 6) is 1.92. The van der Waals surface area contributed by atoms with Gasteiger partial charge in [-0.1, -0.05) is 43.7 Å². The maximum absolute atomic E-state index is 4.89. The van der Waals surface area contributed by atoms with E-state index in [4.69, 9.17) is 9.97 Å². The number of anilines is 1. The van der Waals surface area contributed by atoms with Crippen molar-refractivity contribution in [3.05, 3.63) is 41.1 Å². The van der Waals surface area contributed by atoms with E-state index in [-0.39, 0.29) is 0 Å². The molecular formula is C19H27N3. The van der Waals surface area contributed by atoms with Gasteiger partial charge in [-0.25, -0.2) is 9.97 Å². The van der Waals surface area contributed by atoms with Crippen LogP contribution >= 0.6 is 0 Å². The highest BCUT2D eigenvalue weighted by Crippen LogP contribution is 2.25. The summed E-state index contributed by atoms with van der Waals surface area (Å²) in [4.78, 5) is 12.0. The van der Waals surface area contributed by atoms with E-state index in [1.165, 1.54) is 11.1 Å². The normalized spacial score (nSPS) is 10.8. The van der Waals surface area contributed by atoms with Crippen LogP contribution in [-0.2, 0) is 0 Å². The van der Waals surface area contributed by atoms with E-state index in [9.17, 15) is 0 Å². The first-order chi connectivity index (χ1) is 10.6. The molecule has 3 heteroatoms. The van der Waals surface area contributed by atoms with Gasteiger partial charge in [0.25, 0.3) is 0 Å². The highest BCUT2D eigenvalue weighted by Gasteiger charge is 2.14. The maximum Gasteiger partial charge on any atom is 0.161 e. The van der Waals surface area contributed by atoms with E-state index in [0.717, 1.165) is 48.8 Å². The molecule has 0 amide bonds. The second-order valence-electron chi connectivity index (χ2n) is 5.93. The number of aryl methyl sites for hydroxylation is 2. The summed E-state index contributed by atoms with van der Waals surface area (Å²) in [5.41, 5.74) is 4.60. The van der Waals surface area contributed by atoms with Gasteiger partial charge in [0.05, 0.1) is 0 Å². The zero-order valence-corrected chi connectivity index (χ0v) is 14.5. The predicted molar refractivity (Wildman–Crippen MR) is 94.5 cm³/mol. The minimum atomic E-state index is 0.829. The van der Waals surface area contributed by atoms with Crippen LogP contribution in [0.3, 0.4) is 0 Å². The summed E-state index contributed by atoms with van der Waals surface area (Å²) >= 11 is 0. The first-order valence-electron chi connectivity index (χ1n) is 8.24. The fourth-order valence-corrected chi connectivity index (χ4v) is 2.62. The van der Waals surface area contributed by atoms with Gasteiger partial charge in [-0.2, -0.15) is 0 Å². The number of benzene rings is 1. The van der Waals surface area contributed by atoms with Gasteiger partial charge in [0, 0.05) is 29.9 Å². The lowest BCUT2D eigenvalue weighted by Gasteiger charge is -2.25. The minimum absolute atomic E-state index is 0.829. The van der Waals surface area contributed by atoms with Crippen LogP contribution in [0.15, 0.2) is 24.3 Å². The first kappa shape index (κ1) is 16.5. The van der Waals surface area contributed by atoms with E-state index in [2.05, 4.69) is 63.8 Å². The lowest BCUT2D eigenvalue weighted by atomic mass is 10.1. The smallest absolute Gasteiger partial charge is 0.161 e. The van der Waals surface area contributed by atoms with Gasteiger partial charge in [0.1, 0.15) is 5.82 Å². The maximum atomic E-state index is 4.89. The molecule has 0 unspecified atom stereocenters. The van der Waals surface area contributed by atoms with Crippen LogP contribution in [0.25, 0.3) is 11.4 Å². The fourth-order valence-electron chi connectivity index (χ4n) is 2.62. The van der Waals surface area contributed by atoms with Crippen LogP contribution < -0.4 is 4.90 Å². The zero-order valence-electron chi connectivity index (χ0n) is 14.5. The van der Waals surface area contributed by atoms with E-state index >= 15 is 0 Å². The molecule has 0 N–H and O–H groups in total. The number of aromatic nitrogens is 2. The van der Waals surface area contributed by atoms with Gasteiger partial charge >= 0.3 is 0 Å². The monoisotopic (exact) mass is 297 g/mol. The summed E-state index contributed by atoms with van der Waals surface area (Å²) in [5, 5.41) is 0. The van der Waals surface area contributed by atoms with Crippen LogP contribution in [0.2, 0.25) is 0 Å². The van der Waals surface area contributed by atoms with Gasteiger partial charge in [-0.05, 0) is 33.6 Å². The van der Waals surface area contributed by atoms with E-state index in [1.54, 1.807) is 0 Å². The van der Waals surface area contributed by atoms with E-state index in [0.29, 0.717) is 0 Å². The summed E-state index contributed by atoms with van der Waals surface area (Å²) in [6, 6.07) is 8.44. The molecule has 0 aliphatic carbocycles. The molecule has 0 spiro atoms. The lowest BCUT2D eigenvalue weighted by Crippen LogP contribution is -2.27. The van der Waals surface area contributed by atoms with Crippen molar-refractivity contribution in [2.24, 2.45) is 0 Å². The van der Waals surface area contributed by atoms with Gasteiger partial charge < -0.3 is 4.90 Å². The van der Waals surface area contributed by atoms with Crippen LogP contribution in [-0.4, -0.2) is 23.1 Å². The van der Waals surface area contributed by atoms with Crippen molar-refractivity contribution in [3.8, 4) is 11.4 Å². The molecule has 0 saturated heterocycles. The van der Waals surface area contributed by atoms with Crippen molar-refractivity contribution in [1.29, 1.82) is 0 Å². The summed E-state index contributed by atoms with van der Waals surface area (Å²) < 4.78 is 0. The Kier molecular flexibility index (Phi) is 5.53. The molecule has 1 aromatic heterocycles. The van der Waals surface area contributed by atoms with Crippen molar-refractivity contribution < 1.29 is 0 Å². The Hall–Kier alpha value is -1.90. The third-order valence-electron chi connectivity index (χ3n) is 3.96. The highest BCUT2D eigenvalue weighted by atomic mass is 15.2. The molecule has 1 aromatic carbocycles. The van der Waals surface area contributed by atoms with Crippen LogP contribution in [0.4, 0.5) is 5.82 Å². The molecule has 0 aliphatic rings. The highest BCUT2D eigenvalue weighted by molar-refractivity contribution is 5.60. The van der Waals surface area contributed by atoms with E-state index in [1.807, 2.05) is 0 Å². The van der Waals surface area contributed by atoms with Crippen molar-refractivity contribution in [2.45, 2.75) is 47.5 Å². The number of rotatable bonds is 6. The topological polar surface area (TPSA) is 29.0 Å². The second kappa shape index (κ2) is 7.39. The molecular weight excluding hydrogens is 270 g/mol. The van der Waals surface area contributed by atoms with Gasteiger partial charge in [0.15, 0.2) is 5.82 Å². The molecule has 0 saturated carbocycles. The Bertz CT molecular complexity index is 611. The van der Waals surface area contributed by atoms with Crippen molar-refractivity contribution in [3.63, 3.8) is 0 Å². The van der Waals surface area contributed by atoms with Crippen LogP contribution in [0, 0.1) is 20.8 Å². The molecule has 0 atom stereocenters. The van der Waals surface area contributed by atoms with Crippen LogP contribution in [0.1, 0.15) is 43.5 Å². The SMILES string of the molecule is CCCN(CCC)c1nc(-c2ccc(C)cc2)nc(C)c1C. The Morgan fingerprint density at radius 2 is 1.45 bits per heavy atom. The fraction of sp³-hybridized carbons (Fsp3) is 0.474. The van der Waals surface area contributed by atoms with E-state index < -0.39 is 0 Å². The van der Waals surface area contributed by atoms with Crippen molar-refractivity contribution >= 4 is 5.82 Å². The zero-order chi connectivity index (χ0) is 16.1. The average molecular weight is 297 g/mol. The van der Waals surface area contributed by atoms with Gasteiger partial charge in [-0.3, -0.25) is 0 Å². The third-order valence-corrected chi connectivity index (χ3v) is 3.96. The van der Waals surface area contributed by atoms with Crippen LogP contribution in [0.5, 0.6) is 0 Å². The quantitative estimate of drug-likeness (QED) is 0.774. The van der Waals surface area contributed by atoms with Crippen molar-refractivity contribution in [1.82, 2.24) is 9.97 Å². The molecule has 0 bridgehead atoms. The third kappa shape index (κ3) is 3.65. The molecule has 3 nitrogen and oxygen atoms in total. The Morgan fingerprint density at radius 3 is 2.00 bits per heavy atom. The Balaban J connectivity index is 2.47.